The number of likely N-dealkylation sites (N-methyl/N-ethyl adjacent to an activating group) is 1. The van der Waals surface area contributed by atoms with Gasteiger partial charge >= 0.3 is 0 Å². The Morgan fingerprint density at radius 3 is 2.85 bits per heavy atom. The number of hydrogen-bond acceptors (Lipinski definition) is 4. The minimum Gasteiger partial charge on any atom is -0.313 e. The lowest BCUT2D eigenvalue weighted by atomic mass is 10.2. The molecule has 0 aliphatic carbocycles. The zero-order chi connectivity index (χ0) is 9.84. The number of nitrogens with one attached hydrogen (secondary N) is 1. The molecule has 0 saturated heterocycles. The molecule has 0 fully saturated rings. The van der Waals surface area contributed by atoms with E-state index in [1.165, 1.54) is 11.3 Å². The fourth-order valence-corrected chi connectivity index (χ4v) is 1.79. The second kappa shape index (κ2) is 4.48. The van der Waals surface area contributed by atoms with Crippen LogP contribution in [0.3, 0.4) is 0 Å². The maximum Gasteiger partial charge on any atom is 0.188 e. The number of aromatic nitrogens is 1. The van der Waals surface area contributed by atoms with Crippen molar-refractivity contribution in [3.63, 3.8) is 0 Å². The molecular weight excluding hydrogens is 184 g/mol. The van der Waals surface area contributed by atoms with Crippen LogP contribution < -0.4 is 5.32 Å². The van der Waals surface area contributed by atoms with Gasteiger partial charge in [0.1, 0.15) is 0 Å². The van der Waals surface area contributed by atoms with Crippen LogP contribution in [0.25, 0.3) is 0 Å². The van der Waals surface area contributed by atoms with Crippen LogP contribution in [-0.2, 0) is 0 Å². The number of carbonyl (C=O) groups excluding carboxylic acids is 1. The normalized spacial score (nSPS) is 10.8. The molecule has 4 heteroatoms. The van der Waals surface area contributed by atoms with E-state index in [2.05, 4.69) is 24.1 Å². The lowest BCUT2D eigenvalue weighted by Gasteiger charge is -1.96. The minimum atomic E-state index is 0.118. The lowest BCUT2D eigenvalue weighted by Crippen LogP contribution is -2.17. The Morgan fingerprint density at radius 2 is 2.38 bits per heavy atom. The van der Waals surface area contributed by atoms with E-state index in [-0.39, 0.29) is 5.78 Å². The van der Waals surface area contributed by atoms with Crippen LogP contribution in [0.1, 0.15) is 34.4 Å². The summed E-state index contributed by atoms with van der Waals surface area (Å²) in [6, 6.07) is 0. The summed E-state index contributed by atoms with van der Waals surface area (Å²) >= 11 is 1.49. The van der Waals surface area contributed by atoms with E-state index < -0.39 is 0 Å². The molecule has 0 atom stereocenters. The molecule has 3 nitrogen and oxygen atoms in total. The van der Waals surface area contributed by atoms with Crippen molar-refractivity contribution < 1.29 is 4.79 Å². The Balaban J connectivity index is 2.73. The van der Waals surface area contributed by atoms with E-state index in [0.717, 1.165) is 9.88 Å². The molecule has 72 valence electrons. The highest BCUT2D eigenvalue weighted by Crippen LogP contribution is 2.20. The zero-order valence-corrected chi connectivity index (χ0v) is 8.94. The molecule has 13 heavy (non-hydrogen) atoms. The minimum absolute atomic E-state index is 0.118. The smallest absolute Gasteiger partial charge is 0.188 e. The van der Waals surface area contributed by atoms with Crippen LogP contribution in [0, 0.1) is 0 Å². The standard InChI is InChI=1S/C9H14N2OS/c1-6(2)9-11-5-8(13-9)7(12)4-10-3/h5-6,10H,4H2,1-3H3. The second-order valence-corrected chi connectivity index (χ2v) is 4.23. The van der Waals surface area contributed by atoms with Crippen LogP contribution in [0.4, 0.5) is 0 Å². The average molecular weight is 198 g/mol. The van der Waals surface area contributed by atoms with Crippen molar-refractivity contribution in [3.05, 3.63) is 16.1 Å². The predicted octanol–water partition coefficient (Wildman–Crippen LogP) is 1.67. The maximum atomic E-state index is 11.4. The molecule has 0 unspecified atom stereocenters. The molecular formula is C9H14N2OS. The topological polar surface area (TPSA) is 42.0 Å². The Labute approximate surface area is 82.2 Å². The van der Waals surface area contributed by atoms with E-state index in [0.29, 0.717) is 12.5 Å². The highest BCUT2D eigenvalue weighted by Gasteiger charge is 2.10. The maximum absolute atomic E-state index is 11.4. The van der Waals surface area contributed by atoms with E-state index >= 15 is 0 Å². The number of ketones is 1. The van der Waals surface area contributed by atoms with Crippen LogP contribution >= 0.6 is 11.3 Å². The van der Waals surface area contributed by atoms with Crippen LogP contribution in [0.15, 0.2) is 6.20 Å². The first-order chi connectivity index (χ1) is 6.15. The average Bonchev–Trinajstić information content (AvgIpc) is 2.52. The summed E-state index contributed by atoms with van der Waals surface area (Å²) < 4.78 is 0. The number of nitrogens with zero attached hydrogens (tertiary/aromatic N) is 1. The Morgan fingerprint density at radius 1 is 1.69 bits per heavy atom. The quantitative estimate of drug-likeness (QED) is 0.748. The van der Waals surface area contributed by atoms with Gasteiger partial charge < -0.3 is 5.32 Å². The van der Waals surface area contributed by atoms with Gasteiger partial charge in [0.25, 0.3) is 0 Å². The van der Waals surface area contributed by atoms with Gasteiger partial charge in [-0.25, -0.2) is 4.98 Å². The third kappa shape index (κ3) is 2.60. The summed E-state index contributed by atoms with van der Waals surface area (Å²) in [4.78, 5) is 16.3. The van der Waals surface area contributed by atoms with E-state index in [9.17, 15) is 4.79 Å². The summed E-state index contributed by atoms with van der Waals surface area (Å²) in [5.74, 6) is 0.521. The van der Waals surface area contributed by atoms with Gasteiger partial charge in [-0.15, -0.1) is 11.3 Å². The van der Waals surface area contributed by atoms with E-state index in [1.807, 2.05) is 0 Å². The zero-order valence-electron chi connectivity index (χ0n) is 8.13. The third-order valence-corrected chi connectivity index (χ3v) is 2.97. The molecule has 0 bridgehead atoms. The molecule has 1 aromatic heterocycles. The molecule has 0 spiro atoms. The summed E-state index contributed by atoms with van der Waals surface area (Å²) in [7, 11) is 1.77. The van der Waals surface area contributed by atoms with Gasteiger partial charge in [-0.2, -0.15) is 0 Å². The third-order valence-electron chi connectivity index (χ3n) is 1.63. The molecule has 1 heterocycles. The summed E-state index contributed by atoms with van der Waals surface area (Å²) in [6.45, 7) is 4.54. The Hall–Kier alpha value is -0.740. The summed E-state index contributed by atoms with van der Waals surface area (Å²) in [6.07, 6.45) is 1.67. The monoisotopic (exact) mass is 198 g/mol. The van der Waals surface area contributed by atoms with Crippen molar-refractivity contribution >= 4 is 17.1 Å². The van der Waals surface area contributed by atoms with Gasteiger partial charge in [0.2, 0.25) is 0 Å². The van der Waals surface area contributed by atoms with Crippen LogP contribution in [-0.4, -0.2) is 24.4 Å². The van der Waals surface area contributed by atoms with Crippen LogP contribution in [0.5, 0.6) is 0 Å². The first-order valence-electron chi connectivity index (χ1n) is 4.28. The Bertz CT molecular complexity index is 294. The number of carbonyl (C=O) groups is 1. The molecule has 1 aromatic rings. The van der Waals surface area contributed by atoms with Crippen molar-refractivity contribution in [2.45, 2.75) is 19.8 Å². The number of rotatable bonds is 4. The molecule has 0 aromatic carbocycles. The summed E-state index contributed by atoms with van der Waals surface area (Å²) in [5.41, 5.74) is 0. The van der Waals surface area contributed by atoms with Crippen molar-refractivity contribution in [3.8, 4) is 0 Å². The van der Waals surface area contributed by atoms with Gasteiger partial charge in [0, 0.05) is 12.1 Å². The van der Waals surface area contributed by atoms with Crippen LogP contribution in [0.2, 0.25) is 0 Å². The second-order valence-electron chi connectivity index (χ2n) is 3.17. The predicted molar refractivity (Wildman–Crippen MR) is 54.5 cm³/mol. The SMILES string of the molecule is CNCC(=O)c1cnc(C(C)C)s1. The highest BCUT2D eigenvalue weighted by molar-refractivity contribution is 7.13. The number of hydrogen-bond donors (Lipinski definition) is 1. The van der Waals surface area contributed by atoms with E-state index in [1.54, 1.807) is 13.2 Å². The number of Topliss-reactive ketones (excluding diaryl/α,β-unsaturated/α-hetero) is 1. The fourth-order valence-electron chi connectivity index (χ4n) is 0.931. The van der Waals surface area contributed by atoms with Crippen molar-refractivity contribution in [1.29, 1.82) is 0 Å². The van der Waals surface area contributed by atoms with Gasteiger partial charge in [0.05, 0.1) is 16.4 Å². The molecule has 0 saturated carbocycles. The highest BCUT2D eigenvalue weighted by atomic mass is 32.1. The van der Waals surface area contributed by atoms with Gasteiger partial charge in [-0.1, -0.05) is 13.8 Å². The molecule has 0 aliphatic rings. The molecule has 1 N–H and O–H groups in total. The molecule has 0 amide bonds. The van der Waals surface area contributed by atoms with Crippen molar-refractivity contribution in [2.24, 2.45) is 0 Å². The first kappa shape index (κ1) is 10.3. The number of thiazole rings is 1. The Kier molecular flexibility index (Phi) is 3.57. The molecule has 0 aliphatic heterocycles. The first-order valence-corrected chi connectivity index (χ1v) is 5.10. The van der Waals surface area contributed by atoms with Crippen molar-refractivity contribution in [2.75, 3.05) is 13.6 Å². The van der Waals surface area contributed by atoms with Gasteiger partial charge in [-0.3, -0.25) is 4.79 Å². The lowest BCUT2D eigenvalue weighted by molar-refractivity contribution is 0.0997. The fraction of sp³-hybridized carbons (Fsp3) is 0.556. The molecule has 1 rings (SSSR count). The van der Waals surface area contributed by atoms with Gasteiger partial charge in [-0.05, 0) is 7.05 Å². The largest absolute Gasteiger partial charge is 0.313 e. The van der Waals surface area contributed by atoms with Gasteiger partial charge in [0.15, 0.2) is 5.78 Å². The summed E-state index contributed by atoms with van der Waals surface area (Å²) in [5, 5.41) is 3.86. The van der Waals surface area contributed by atoms with E-state index in [4.69, 9.17) is 0 Å². The van der Waals surface area contributed by atoms with Crippen molar-refractivity contribution in [1.82, 2.24) is 10.3 Å². The molecule has 0 radical (unpaired) electrons.